The van der Waals surface area contributed by atoms with Crippen molar-refractivity contribution in [2.45, 2.75) is 32.7 Å². The number of carboxylic acid groups (broad SMARTS) is 1. The summed E-state index contributed by atoms with van der Waals surface area (Å²) in [6.45, 7) is 6.95. The molecule has 0 aromatic carbocycles. The molecule has 0 aliphatic heterocycles. The van der Waals surface area contributed by atoms with E-state index in [4.69, 9.17) is 5.11 Å². The lowest BCUT2D eigenvalue weighted by molar-refractivity contribution is -0.142. The highest BCUT2D eigenvalue weighted by atomic mass is 16.4. The van der Waals surface area contributed by atoms with Gasteiger partial charge in [-0.2, -0.15) is 0 Å². The molecule has 0 heterocycles. The summed E-state index contributed by atoms with van der Waals surface area (Å²) >= 11 is 0. The Hall–Kier alpha value is -1.32. The van der Waals surface area contributed by atoms with Crippen LogP contribution in [0.1, 0.15) is 26.7 Å². The van der Waals surface area contributed by atoms with Gasteiger partial charge < -0.3 is 10.4 Å². The molecule has 0 rings (SSSR count). The topological polar surface area (TPSA) is 66.4 Å². The number of hydrogen-bond acceptors (Lipinski definition) is 2. The van der Waals surface area contributed by atoms with Crippen LogP contribution in [0, 0.1) is 5.92 Å². The standard InChI is InChI=1S/C10H17NO3/c1-4-5-6-8(10(13)14)11-9(12)7(2)3/h4,7-8H,1,5-6H2,2-3H3,(H,11,12)(H,13,14)/t8-/m1/s1. The molecule has 0 saturated carbocycles. The van der Waals surface area contributed by atoms with E-state index in [1.165, 1.54) is 0 Å². The van der Waals surface area contributed by atoms with Gasteiger partial charge in [0.2, 0.25) is 5.91 Å². The van der Waals surface area contributed by atoms with Crippen molar-refractivity contribution in [3.05, 3.63) is 12.7 Å². The number of rotatable bonds is 6. The Bertz CT molecular complexity index is 223. The number of carbonyl (C=O) groups is 2. The second-order valence-corrected chi connectivity index (χ2v) is 3.42. The Morgan fingerprint density at radius 3 is 2.43 bits per heavy atom. The van der Waals surface area contributed by atoms with Crippen molar-refractivity contribution in [3.63, 3.8) is 0 Å². The molecule has 0 spiro atoms. The number of aliphatic carboxylic acids is 1. The second-order valence-electron chi connectivity index (χ2n) is 3.42. The summed E-state index contributed by atoms with van der Waals surface area (Å²) in [5.41, 5.74) is 0. The number of allylic oxidation sites excluding steroid dienone is 1. The van der Waals surface area contributed by atoms with Crippen molar-refractivity contribution in [3.8, 4) is 0 Å². The van der Waals surface area contributed by atoms with Gasteiger partial charge in [0, 0.05) is 5.92 Å². The fourth-order valence-corrected chi connectivity index (χ4v) is 0.880. The average molecular weight is 199 g/mol. The number of carbonyl (C=O) groups excluding carboxylic acids is 1. The summed E-state index contributed by atoms with van der Waals surface area (Å²) in [5, 5.41) is 11.2. The van der Waals surface area contributed by atoms with Crippen LogP contribution in [-0.2, 0) is 9.59 Å². The van der Waals surface area contributed by atoms with Crippen LogP contribution < -0.4 is 5.32 Å². The Morgan fingerprint density at radius 1 is 1.50 bits per heavy atom. The van der Waals surface area contributed by atoms with Crippen molar-refractivity contribution in [1.29, 1.82) is 0 Å². The number of nitrogens with one attached hydrogen (secondary N) is 1. The summed E-state index contributed by atoms with van der Waals surface area (Å²) in [4.78, 5) is 21.9. The van der Waals surface area contributed by atoms with E-state index in [1.807, 2.05) is 0 Å². The van der Waals surface area contributed by atoms with Gasteiger partial charge in [0.25, 0.3) is 0 Å². The van der Waals surface area contributed by atoms with Crippen molar-refractivity contribution < 1.29 is 14.7 Å². The molecule has 0 unspecified atom stereocenters. The summed E-state index contributed by atoms with van der Waals surface area (Å²) in [6.07, 6.45) is 2.60. The maximum Gasteiger partial charge on any atom is 0.326 e. The molecular weight excluding hydrogens is 182 g/mol. The first-order valence-corrected chi connectivity index (χ1v) is 4.63. The Kier molecular flexibility index (Phi) is 5.60. The third-order valence-electron chi connectivity index (χ3n) is 1.80. The van der Waals surface area contributed by atoms with E-state index < -0.39 is 12.0 Å². The van der Waals surface area contributed by atoms with Crippen LogP contribution in [0.15, 0.2) is 12.7 Å². The predicted octanol–water partition coefficient (Wildman–Crippen LogP) is 1.18. The third-order valence-corrected chi connectivity index (χ3v) is 1.80. The summed E-state index contributed by atoms with van der Waals surface area (Å²) < 4.78 is 0. The number of amides is 1. The normalized spacial score (nSPS) is 12.2. The molecule has 0 fully saturated rings. The quantitative estimate of drug-likeness (QED) is 0.631. The van der Waals surface area contributed by atoms with Gasteiger partial charge in [-0.15, -0.1) is 6.58 Å². The smallest absolute Gasteiger partial charge is 0.326 e. The summed E-state index contributed by atoms with van der Waals surface area (Å²) in [6, 6.07) is -0.803. The predicted molar refractivity (Wildman–Crippen MR) is 53.8 cm³/mol. The molecule has 2 N–H and O–H groups in total. The highest BCUT2D eigenvalue weighted by molar-refractivity contribution is 5.84. The molecule has 0 radical (unpaired) electrons. The van der Waals surface area contributed by atoms with Crippen LogP contribution in [0.4, 0.5) is 0 Å². The molecular formula is C10H17NO3. The van der Waals surface area contributed by atoms with Crippen molar-refractivity contribution in [2.75, 3.05) is 0 Å². The molecule has 80 valence electrons. The molecule has 1 amide bonds. The highest BCUT2D eigenvalue weighted by Crippen LogP contribution is 2.00. The molecule has 4 nitrogen and oxygen atoms in total. The number of hydrogen-bond donors (Lipinski definition) is 2. The van der Waals surface area contributed by atoms with E-state index in [9.17, 15) is 9.59 Å². The molecule has 0 saturated heterocycles. The second kappa shape index (κ2) is 6.18. The summed E-state index contributed by atoms with van der Waals surface area (Å²) in [7, 11) is 0. The molecule has 14 heavy (non-hydrogen) atoms. The van der Waals surface area contributed by atoms with E-state index >= 15 is 0 Å². The van der Waals surface area contributed by atoms with Crippen LogP contribution in [0.2, 0.25) is 0 Å². The van der Waals surface area contributed by atoms with Crippen LogP contribution in [0.25, 0.3) is 0 Å². The van der Waals surface area contributed by atoms with E-state index in [2.05, 4.69) is 11.9 Å². The monoisotopic (exact) mass is 199 g/mol. The van der Waals surface area contributed by atoms with Crippen LogP contribution >= 0.6 is 0 Å². The van der Waals surface area contributed by atoms with E-state index in [1.54, 1.807) is 19.9 Å². The van der Waals surface area contributed by atoms with Crippen LogP contribution in [0.3, 0.4) is 0 Å². The molecule has 0 aromatic heterocycles. The van der Waals surface area contributed by atoms with Gasteiger partial charge >= 0.3 is 5.97 Å². The Labute approximate surface area is 84.0 Å². The zero-order chi connectivity index (χ0) is 11.1. The minimum absolute atomic E-state index is 0.194. The zero-order valence-corrected chi connectivity index (χ0v) is 8.62. The van der Waals surface area contributed by atoms with Gasteiger partial charge in [0.1, 0.15) is 6.04 Å². The molecule has 1 atom stereocenters. The molecule has 0 aliphatic carbocycles. The van der Waals surface area contributed by atoms with Crippen LogP contribution in [-0.4, -0.2) is 23.0 Å². The van der Waals surface area contributed by atoms with Crippen LogP contribution in [0.5, 0.6) is 0 Å². The zero-order valence-electron chi connectivity index (χ0n) is 8.62. The van der Waals surface area contributed by atoms with Gasteiger partial charge in [0.05, 0.1) is 0 Å². The minimum Gasteiger partial charge on any atom is -0.480 e. The minimum atomic E-state index is -0.999. The lowest BCUT2D eigenvalue weighted by atomic mass is 10.1. The van der Waals surface area contributed by atoms with Crippen molar-refractivity contribution >= 4 is 11.9 Å². The molecule has 0 aromatic rings. The maximum absolute atomic E-state index is 11.2. The lowest BCUT2D eigenvalue weighted by Gasteiger charge is -2.14. The van der Waals surface area contributed by atoms with Crippen molar-refractivity contribution in [2.24, 2.45) is 5.92 Å². The SMILES string of the molecule is C=CCC[C@@H](NC(=O)C(C)C)C(=O)O. The fraction of sp³-hybridized carbons (Fsp3) is 0.600. The lowest BCUT2D eigenvalue weighted by Crippen LogP contribution is -2.42. The van der Waals surface area contributed by atoms with Gasteiger partial charge in [0.15, 0.2) is 0 Å². The third kappa shape index (κ3) is 4.64. The van der Waals surface area contributed by atoms with Gasteiger partial charge in [-0.3, -0.25) is 4.79 Å². The summed E-state index contributed by atoms with van der Waals surface area (Å²) in [5.74, 6) is -1.43. The maximum atomic E-state index is 11.2. The first-order chi connectivity index (χ1) is 6.49. The molecule has 0 bridgehead atoms. The van der Waals surface area contributed by atoms with E-state index in [0.29, 0.717) is 12.8 Å². The molecule has 0 aliphatic rings. The molecule has 4 heteroatoms. The van der Waals surface area contributed by atoms with Crippen molar-refractivity contribution in [1.82, 2.24) is 5.32 Å². The van der Waals surface area contributed by atoms with Gasteiger partial charge in [-0.25, -0.2) is 4.79 Å². The first kappa shape index (κ1) is 12.7. The average Bonchev–Trinajstić information content (AvgIpc) is 2.10. The van der Waals surface area contributed by atoms with Gasteiger partial charge in [-0.05, 0) is 12.8 Å². The fourth-order valence-electron chi connectivity index (χ4n) is 0.880. The highest BCUT2D eigenvalue weighted by Gasteiger charge is 2.19. The largest absolute Gasteiger partial charge is 0.480 e. The van der Waals surface area contributed by atoms with Gasteiger partial charge in [-0.1, -0.05) is 19.9 Å². The first-order valence-electron chi connectivity index (χ1n) is 4.63. The Morgan fingerprint density at radius 2 is 2.07 bits per heavy atom. The Balaban J connectivity index is 4.15. The number of carboxylic acids is 1. The van der Waals surface area contributed by atoms with E-state index in [0.717, 1.165) is 0 Å². The van der Waals surface area contributed by atoms with E-state index in [-0.39, 0.29) is 11.8 Å².